The lowest BCUT2D eigenvalue weighted by Crippen LogP contribution is -2.43. The monoisotopic (exact) mass is 533 g/mol. The van der Waals surface area contributed by atoms with E-state index in [0.717, 1.165) is 11.1 Å². The van der Waals surface area contributed by atoms with Gasteiger partial charge in [-0.25, -0.2) is 4.79 Å². The highest BCUT2D eigenvalue weighted by Gasteiger charge is 2.49. The molecular formula is C31H35NO7. The first-order valence-electron chi connectivity index (χ1n) is 13.3. The number of carbonyl (C=O) groups excluding carboxylic acids is 3. The summed E-state index contributed by atoms with van der Waals surface area (Å²) in [5.74, 6) is -2.43. The smallest absolute Gasteiger partial charge is 0.336 e. The van der Waals surface area contributed by atoms with Gasteiger partial charge in [0.15, 0.2) is 5.78 Å². The fourth-order valence-corrected chi connectivity index (χ4v) is 5.46. The molecular weight excluding hydrogens is 498 g/mol. The van der Waals surface area contributed by atoms with Crippen molar-refractivity contribution in [2.24, 2.45) is 5.92 Å². The molecule has 1 heterocycles. The van der Waals surface area contributed by atoms with Crippen LogP contribution in [0.5, 0.6) is 11.5 Å². The van der Waals surface area contributed by atoms with E-state index in [2.05, 4.69) is 5.32 Å². The number of nitrogens with one attached hydrogen (secondary N) is 1. The molecule has 2 aromatic carbocycles. The lowest BCUT2D eigenvalue weighted by Gasteiger charge is -2.39. The van der Waals surface area contributed by atoms with Gasteiger partial charge in [0.2, 0.25) is 0 Å². The first-order chi connectivity index (χ1) is 18.8. The number of hydrogen-bond donors (Lipinski definition) is 1. The maximum Gasteiger partial charge on any atom is 0.336 e. The zero-order valence-corrected chi connectivity index (χ0v) is 23.0. The van der Waals surface area contributed by atoms with Gasteiger partial charge in [0.05, 0.1) is 32.5 Å². The van der Waals surface area contributed by atoms with Gasteiger partial charge in [0, 0.05) is 28.8 Å². The van der Waals surface area contributed by atoms with Crippen LogP contribution >= 0.6 is 0 Å². The maximum absolute atomic E-state index is 14.4. The topological polar surface area (TPSA) is 100 Å². The Hall–Kier alpha value is -4.07. The molecule has 0 bridgehead atoms. The van der Waals surface area contributed by atoms with E-state index >= 15 is 0 Å². The van der Waals surface area contributed by atoms with Crippen LogP contribution in [0.3, 0.4) is 0 Å². The molecule has 0 saturated carbocycles. The normalized spacial score (nSPS) is 20.6. The number of allylic oxidation sites excluding steroid dienone is 3. The highest BCUT2D eigenvalue weighted by Crippen LogP contribution is 2.48. The Morgan fingerprint density at radius 1 is 0.923 bits per heavy atom. The van der Waals surface area contributed by atoms with Crippen LogP contribution in [-0.4, -0.2) is 44.7 Å². The molecule has 2 aromatic rings. The zero-order chi connectivity index (χ0) is 28.1. The molecule has 39 heavy (non-hydrogen) atoms. The maximum atomic E-state index is 14.4. The summed E-state index contributed by atoms with van der Waals surface area (Å²) in [5, 5.41) is 3.32. The number of benzene rings is 2. The van der Waals surface area contributed by atoms with Crippen LogP contribution in [0, 0.1) is 5.92 Å². The van der Waals surface area contributed by atoms with E-state index < -0.39 is 29.7 Å². The molecule has 0 unspecified atom stereocenters. The van der Waals surface area contributed by atoms with Gasteiger partial charge in [-0.05, 0) is 69.5 Å². The number of carbonyl (C=O) groups is 3. The van der Waals surface area contributed by atoms with Crippen molar-refractivity contribution in [3.63, 3.8) is 0 Å². The summed E-state index contributed by atoms with van der Waals surface area (Å²) in [7, 11) is 1.57. The van der Waals surface area contributed by atoms with Crippen LogP contribution in [0.4, 0.5) is 0 Å². The summed E-state index contributed by atoms with van der Waals surface area (Å²) in [6.07, 6.45) is 0.374. The van der Waals surface area contributed by atoms with Gasteiger partial charge >= 0.3 is 11.9 Å². The largest absolute Gasteiger partial charge is 0.497 e. The van der Waals surface area contributed by atoms with Crippen LogP contribution in [0.2, 0.25) is 0 Å². The Morgan fingerprint density at radius 2 is 1.64 bits per heavy atom. The van der Waals surface area contributed by atoms with Gasteiger partial charge in [0.25, 0.3) is 0 Å². The number of methoxy groups -OCH3 is 1. The Bertz CT molecular complexity index is 1310. The number of rotatable bonds is 9. The van der Waals surface area contributed by atoms with E-state index in [1.54, 1.807) is 27.9 Å². The molecule has 1 aliphatic carbocycles. The van der Waals surface area contributed by atoms with Crippen LogP contribution in [0.25, 0.3) is 0 Å². The summed E-state index contributed by atoms with van der Waals surface area (Å²) in [5.41, 5.74) is 3.53. The summed E-state index contributed by atoms with van der Waals surface area (Å²) < 4.78 is 21.8. The van der Waals surface area contributed by atoms with E-state index in [1.807, 2.05) is 55.5 Å². The summed E-state index contributed by atoms with van der Waals surface area (Å²) in [6, 6.07) is 14.7. The number of hydrogen-bond acceptors (Lipinski definition) is 8. The summed E-state index contributed by atoms with van der Waals surface area (Å²) in [4.78, 5) is 40.9. The van der Waals surface area contributed by atoms with Crippen LogP contribution in [0.15, 0.2) is 71.1 Å². The molecule has 8 nitrogen and oxygen atoms in total. The fraction of sp³-hybridized carbons (Fsp3) is 0.387. The minimum absolute atomic E-state index is 0.146. The van der Waals surface area contributed by atoms with Crippen molar-refractivity contribution in [3.8, 4) is 11.5 Å². The average molecular weight is 534 g/mol. The van der Waals surface area contributed by atoms with Crippen LogP contribution in [-0.2, 0) is 23.9 Å². The lowest BCUT2D eigenvalue weighted by molar-refractivity contribution is -0.152. The Morgan fingerprint density at radius 3 is 2.28 bits per heavy atom. The Labute approximate surface area is 229 Å². The van der Waals surface area contributed by atoms with Crippen molar-refractivity contribution < 1.29 is 33.3 Å². The fourth-order valence-electron chi connectivity index (χ4n) is 5.46. The number of ether oxygens (including phenoxy) is 4. The highest BCUT2D eigenvalue weighted by molar-refractivity contribution is 6.13. The van der Waals surface area contributed by atoms with Crippen molar-refractivity contribution in [2.45, 2.75) is 46.0 Å². The predicted molar refractivity (Wildman–Crippen MR) is 145 cm³/mol. The van der Waals surface area contributed by atoms with Crippen molar-refractivity contribution in [1.82, 2.24) is 5.32 Å². The molecule has 1 N–H and O–H groups in total. The number of esters is 2. The van der Waals surface area contributed by atoms with Gasteiger partial charge in [0.1, 0.15) is 17.4 Å². The molecule has 0 aromatic heterocycles. The van der Waals surface area contributed by atoms with Crippen molar-refractivity contribution >= 4 is 17.7 Å². The van der Waals surface area contributed by atoms with E-state index in [-0.39, 0.29) is 19.0 Å². The third-order valence-corrected chi connectivity index (χ3v) is 7.10. The highest BCUT2D eigenvalue weighted by atomic mass is 16.5. The van der Waals surface area contributed by atoms with Crippen molar-refractivity contribution in [3.05, 3.63) is 82.2 Å². The van der Waals surface area contributed by atoms with Gasteiger partial charge < -0.3 is 24.3 Å². The Balaban J connectivity index is 1.88. The number of dihydropyridines is 1. The molecule has 0 radical (unpaired) electrons. The van der Waals surface area contributed by atoms with Gasteiger partial charge in [-0.1, -0.05) is 24.3 Å². The second-order valence-electron chi connectivity index (χ2n) is 9.39. The zero-order valence-electron chi connectivity index (χ0n) is 23.0. The number of ketones is 1. The molecule has 4 rings (SSSR count). The molecule has 1 aliphatic heterocycles. The van der Waals surface area contributed by atoms with E-state index in [4.69, 9.17) is 18.9 Å². The number of Topliss-reactive ketones (excluding diaryl/α,β-unsaturated/α-hetero) is 1. The molecule has 0 saturated heterocycles. The second kappa shape index (κ2) is 12.2. The minimum Gasteiger partial charge on any atom is -0.497 e. The average Bonchev–Trinajstić information content (AvgIpc) is 2.93. The molecule has 0 amide bonds. The first kappa shape index (κ1) is 28.0. The molecule has 3 atom stereocenters. The standard InChI is InChI=1S/C31H35NO7/c1-6-37-21-14-12-19(13-15-21)26-25(30(34)38-7-2)18(4)32-24-17-23(20-10-9-11-22(16-20)36-5)27(29(33)28(24)26)31(35)39-8-3/h9-16,23,26-27,32H,6-8,17H2,1-5H3/t23-,26+,27-/m1/s1. The van der Waals surface area contributed by atoms with Crippen molar-refractivity contribution in [1.29, 1.82) is 0 Å². The van der Waals surface area contributed by atoms with Gasteiger partial charge in [-0.3, -0.25) is 9.59 Å². The quantitative estimate of drug-likeness (QED) is 0.362. The van der Waals surface area contributed by atoms with Gasteiger partial charge in [-0.15, -0.1) is 0 Å². The molecule has 0 spiro atoms. The molecule has 0 fully saturated rings. The summed E-state index contributed by atoms with van der Waals surface area (Å²) >= 11 is 0. The van der Waals surface area contributed by atoms with E-state index in [1.165, 1.54) is 0 Å². The molecule has 206 valence electrons. The first-order valence-corrected chi connectivity index (χ1v) is 13.3. The second-order valence-corrected chi connectivity index (χ2v) is 9.39. The minimum atomic E-state index is -1.08. The SMILES string of the molecule is CCOC(=O)C1=C(C)NC2=C(C(=O)[C@H](C(=O)OCC)[C@@H](c3cccc(OC)c3)C2)[C@H]1c1ccc(OCC)cc1. The van der Waals surface area contributed by atoms with E-state index in [9.17, 15) is 14.4 Å². The predicted octanol–water partition coefficient (Wildman–Crippen LogP) is 4.81. The summed E-state index contributed by atoms with van der Waals surface area (Å²) in [6.45, 7) is 8.01. The molecule has 2 aliphatic rings. The van der Waals surface area contributed by atoms with Crippen molar-refractivity contribution in [2.75, 3.05) is 26.9 Å². The lowest BCUT2D eigenvalue weighted by atomic mass is 9.67. The van der Waals surface area contributed by atoms with Gasteiger partial charge in [-0.2, -0.15) is 0 Å². The third-order valence-electron chi connectivity index (χ3n) is 7.10. The van der Waals surface area contributed by atoms with Crippen LogP contribution in [0.1, 0.15) is 57.1 Å². The third kappa shape index (κ3) is 5.55. The van der Waals surface area contributed by atoms with E-state index in [0.29, 0.717) is 47.1 Å². The molecule has 8 heteroatoms. The Kier molecular flexibility index (Phi) is 8.74. The van der Waals surface area contributed by atoms with Crippen LogP contribution < -0.4 is 14.8 Å².